The molecule has 1 aromatic rings. The number of carboxylic acid groups (broad SMARTS) is 1. The van der Waals surface area contributed by atoms with Gasteiger partial charge in [0.25, 0.3) is 0 Å². The number of halogens is 4. The molecule has 1 aliphatic rings. The topological polar surface area (TPSA) is 89.6 Å². The number of ether oxygens (including phenoxy) is 1. The number of carboxylic acids is 1. The average molecular weight is 349 g/mol. The number of Topliss-reactive ketones (excluding diaryl/α,β-unsaturated/α-hetero) is 1. The van der Waals surface area contributed by atoms with E-state index in [2.05, 4.69) is 0 Å². The zero-order valence-electron chi connectivity index (χ0n) is 12.4. The van der Waals surface area contributed by atoms with Crippen molar-refractivity contribution in [1.29, 1.82) is 0 Å². The van der Waals surface area contributed by atoms with Crippen LogP contribution < -0.4 is 10.5 Å². The summed E-state index contributed by atoms with van der Waals surface area (Å²) in [5.74, 6) is -2.04. The maximum Gasteiger partial charge on any atom is 0.490 e. The van der Waals surface area contributed by atoms with Gasteiger partial charge in [-0.3, -0.25) is 4.79 Å². The molecule has 1 aromatic carbocycles. The highest BCUT2D eigenvalue weighted by Crippen LogP contribution is 2.26. The van der Waals surface area contributed by atoms with E-state index in [0.29, 0.717) is 24.1 Å². The molecule has 0 fully saturated rings. The van der Waals surface area contributed by atoms with Crippen LogP contribution in [0, 0.1) is 0 Å². The third-order valence-corrected chi connectivity index (χ3v) is 3.09. The van der Waals surface area contributed by atoms with E-state index in [4.69, 9.17) is 20.4 Å². The van der Waals surface area contributed by atoms with Gasteiger partial charge in [-0.1, -0.05) is 6.07 Å². The minimum atomic E-state index is -5.08. The van der Waals surface area contributed by atoms with Gasteiger partial charge >= 0.3 is 12.1 Å². The number of aryl methyl sites for hydroxylation is 1. The lowest BCUT2D eigenvalue weighted by Crippen LogP contribution is -2.21. The molecule has 0 bridgehead atoms. The van der Waals surface area contributed by atoms with Crippen molar-refractivity contribution < 1.29 is 37.0 Å². The van der Waals surface area contributed by atoms with E-state index in [-0.39, 0.29) is 18.9 Å². The maximum atomic E-state index is 12.3. The number of carbonyl (C=O) groups excluding carboxylic acids is 1. The third kappa shape index (κ3) is 5.65. The Morgan fingerprint density at radius 3 is 2.46 bits per heavy atom. The van der Waals surface area contributed by atoms with Crippen LogP contribution in [0.4, 0.5) is 17.6 Å². The number of hydrogen-bond acceptors (Lipinski definition) is 4. The molecule has 9 heteroatoms. The van der Waals surface area contributed by atoms with Crippen molar-refractivity contribution in [3.05, 3.63) is 41.2 Å². The number of alkyl halides is 3. The zero-order chi connectivity index (χ0) is 18.3. The van der Waals surface area contributed by atoms with Crippen LogP contribution in [0.1, 0.15) is 22.3 Å². The molecule has 132 valence electrons. The summed E-state index contributed by atoms with van der Waals surface area (Å²) in [7, 11) is 0. The summed E-state index contributed by atoms with van der Waals surface area (Å²) < 4.78 is 49.4. The summed E-state index contributed by atoms with van der Waals surface area (Å²) in [4.78, 5) is 20.4. The van der Waals surface area contributed by atoms with Crippen molar-refractivity contribution >= 4 is 11.8 Å². The van der Waals surface area contributed by atoms with Crippen LogP contribution in [-0.4, -0.2) is 36.2 Å². The quantitative estimate of drug-likeness (QED) is 0.816. The number of ketones is 1. The van der Waals surface area contributed by atoms with Crippen LogP contribution in [0.2, 0.25) is 0 Å². The minimum absolute atomic E-state index is 0.111. The van der Waals surface area contributed by atoms with E-state index in [1.807, 2.05) is 6.07 Å². The molecule has 0 amide bonds. The molecule has 5 nitrogen and oxygen atoms in total. The first-order chi connectivity index (χ1) is 11.2. The Kier molecular flexibility index (Phi) is 6.90. The fourth-order valence-electron chi connectivity index (χ4n) is 1.82. The van der Waals surface area contributed by atoms with Crippen LogP contribution in [0.25, 0.3) is 0 Å². The highest BCUT2D eigenvalue weighted by atomic mass is 19.4. The van der Waals surface area contributed by atoms with Crippen molar-refractivity contribution in [2.75, 3.05) is 13.2 Å². The standard InChI is InChI=1S/C13H14FNO2.C2HF3O2/c14-6-9(7-15)8-17-11-3-1-10-2-4-13(16)12(10)5-11;3-2(4,5)1(6)7/h1,3,5-6H,2,4,7-8,15H2;(H,6,7). The first-order valence-corrected chi connectivity index (χ1v) is 6.76. The number of aliphatic carboxylic acids is 1. The molecular formula is C15H15F4NO4. The van der Waals surface area contributed by atoms with E-state index in [9.17, 15) is 22.4 Å². The van der Waals surface area contributed by atoms with Crippen molar-refractivity contribution in [3.8, 4) is 5.75 Å². The molecular weight excluding hydrogens is 334 g/mol. The molecule has 0 heterocycles. The molecule has 2 rings (SSSR count). The smallest absolute Gasteiger partial charge is 0.489 e. The number of fused-ring (bicyclic) bond motifs is 1. The third-order valence-electron chi connectivity index (χ3n) is 3.09. The van der Waals surface area contributed by atoms with Gasteiger partial charge in [0.2, 0.25) is 0 Å². The lowest BCUT2D eigenvalue weighted by atomic mass is 10.1. The molecule has 0 saturated heterocycles. The second-order valence-electron chi connectivity index (χ2n) is 4.81. The first kappa shape index (κ1) is 19.6. The van der Waals surface area contributed by atoms with Crippen molar-refractivity contribution in [1.82, 2.24) is 0 Å². The SMILES string of the molecule is NCC(=CF)COc1ccc2c(c1)C(=O)CC2.O=C(O)C(F)(F)F. The second kappa shape index (κ2) is 8.44. The average Bonchev–Trinajstić information content (AvgIpc) is 2.89. The Bertz CT molecular complexity index is 641. The van der Waals surface area contributed by atoms with Gasteiger partial charge in [0.15, 0.2) is 5.78 Å². The molecule has 0 unspecified atom stereocenters. The molecule has 0 saturated carbocycles. The van der Waals surface area contributed by atoms with Crippen LogP contribution in [0.5, 0.6) is 5.75 Å². The Morgan fingerprint density at radius 2 is 1.96 bits per heavy atom. The van der Waals surface area contributed by atoms with E-state index < -0.39 is 12.1 Å². The molecule has 0 aromatic heterocycles. The van der Waals surface area contributed by atoms with Gasteiger partial charge in [0.05, 0.1) is 6.33 Å². The molecule has 24 heavy (non-hydrogen) atoms. The maximum absolute atomic E-state index is 12.3. The molecule has 0 atom stereocenters. The highest BCUT2D eigenvalue weighted by Gasteiger charge is 2.38. The van der Waals surface area contributed by atoms with Gasteiger partial charge < -0.3 is 15.6 Å². The summed E-state index contributed by atoms with van der Waals surface area (Å²) in [6.45, 7) is 0.236. The summed E-state index contributed by atoms with van der Waals surface area (Å²) in [5.41, 5.74) is 7.48. The van der Waals surface area contributed by atoms with Gasteiger partial charge in [-0.05, 0) is 24.1 Å². The lowest BCUT2D eigenvalue weighted by Gasteiger charge is -2.08. The summed E-state index contributed by atoms with van der Waals surface area (Å²) in [5, 5.41) is 7.12. The largest absolute Gasteiger partial charge is 0.490 e. The predicted molar refractivity (Wildman–Crippen MR) is 76.5 cm³/mol. The van der Waals surface area contributed by atoms with Crippen LogP contribution in [0.15, 0.2) is 30.1 Å². The van der Waals surface area contributed by atoms with Gasteiger partial charge in [0, 0.05) is 24.1 Å². The van der Waals surface area contributed by atoms with E-state index >= 15 is 0 Å². The zero-order valence-corrected chi connectivity index (χ0v) is 12.4. The van der Waals surface area contributed by atoms with Crippen molar-refractivity contribution in [3.63, 3.8) is 0 Å². The van der Waals surface area contributed by atoms with Gasteiger partial charge in [0.1, 0.15) is 12.4 Å². The van der Waals surface area contributed by atoms with Crippen LogP contribution in [0.3, 0.4) is 0 Å². The van der Waals surface area contributed by atoms with Gasteiger partial charge in [-0.2, -0.15) is 13.2 Å². The molecule has 3 N–H and O–H groups in total. The molecule has 0 radical (unpaired) electrons. The van der Waals surface area contributed by atoms with E-state index in [1.165, 1.54) is 0 Å². The van der Waals surface area contributed by atoms with Crippen LogP contribution in [-0.2, 0) is 11.2 Å². The van der Waals surface area contributed by atoms with Crippen molar-refractivity contribution in [2.45, 2.75) is 19.0 Å². The number of nitrogens with two attached hydrogens (primary N) is 1. The molecule has 0 spiro atoms. The Hall–Kier alpha value is -2.42. The van der Waals surface area contributed by atoms with Crippen molar-refractivity contribution in [2.24, 2.45) is 5.73 Å². The Labute approximate surface area is 134 Å². The predicted octanol–water partition coefficient (Wildman–Crippen LogP) is 2.64. The second-order valence-corrected chi connectivity index (χ2v) is 4.81. The molecule has 0 aliphatic heterocycles. The monoisotopic (exact) mass is 349 g/mol. The Balaban J connectivity index is 0.000000351. The molecule has 1 aliphatic carbocycles. The minimum Gasteiger partial charge on any atom is -0.489 e. The van der Waals surface area contributed by atoms with Gasteiger partial charge in [-0.15, -0.1) is 0 Å². The first-order valence-electron chi connectivity index (χ1n) is 6.76. The fourth-order valence-corrected chi connectivity index (χ4v) is 1.82. The number of carbonyl (C=O) groups is 2. The highest BCUT2D eigenvalue weighted by molar-refractivity contribution is 6.00. The summed E-state index contributed by atoms with van der Waals surface area (Å²) >= 11 is 0. The summed E-state index contributed by atoms with van der Waals surface area (Å²) in [6, 6.07) is 5.40. The number of rotatable bonds is 4. The fraction of sp³-hybridized carbons (Fsp3) is 0.333. The van der Waals surface area contributed by atoms with E-state index in [0.717, 1.165) is 17.5 Å². The summed E-state index contributed by atoms with van der Waals surface area (Å²) in [6.07, 6.45) is -3.26. The van der Waals surface area contributed by atoms with E-state index in [1.54, 1.807) is 12.1 Å². The normalized spacial score (nSPS) is 13.9. The Morgan fingerprint density at radius 1 is 1.33 bits per heavy atom. The van der Waals surface area contributed by atoms with Crippen LogP contribution >= 0.6 is 0 Å². The lowest BCUT2D eigenvalue weighted by molar-refractivity contribution is -0.192. The number of benzene rings is 1. The number of hydrogen-bond donors (Lipinski definition) is 2. The van der Waals surface area contributed by atoms with Gasteiger partial charge in [-0.25, -0.2) is 9.18 Å².